The van der Waals surface area contributed by atoms with Gasteiger partial charge in [0.2, 0.25) is 5.91 Å². The molecule has 3 heterocycles. The van der Waals surface area contributed by atoms with Gasteiger partial charge in [-0.15, -0.1) is 0 Å². The number of nitrogens with one attached hydrogen (secondary N) is 1. The summed E-state index contributed by atoms with van der Waals surface area (Å²) in [6.45, 7) is 4.22. The third kappa shape index (κ3) is 4.31. The number of para-hydroxylation sites is 2. The number of hydrogen-bond donors (Lipinski definition) is 1. The van der Waals surface area contributed by atoms with E-state index in [1.807, 2.05) is 44.8 Å². The zero-order valence-corrected chi connectivity index (χ0v) is 18.6. The van der Waals surface area contributed by atoms with Gasteiger partial charge in [0.15, 0.2) is 6.10 Å². The van der Waals surface area contributed by atoms with Crippen LogP contribution in [0.3, 0.4) is 0 Å². The maximum atomic E-state index is 13.1. The molecule has 0 spiro atoms. The van der Waals surface area contributed by atoms with E-state index in [0.29, 0.717) is 18.2 Å². The molecule has 3 aliphatic rings. The van der Waals surface area contributed by atoms with E-state index < -0.39 is 6.10 Å². The standard InChI is InChI=1S/C24H31N5O3/c1-17(18-9-10-18)29-22(11-12-25-29)26-23(30)16-28-15-21(24(31)27-13-5-2-6-14-27)32-20-8-4-3-7-19(20)28/h3-4,7-8,11-12,17-18,21H,2,5-6,9-10,13-16H2,1H3,(H,26,30). The lowest BCUT2D eigenvalue weighted by Gasteiger charge is -2.38. The molecule has 1 aromatic carbocycles. The normalized spacial score (nSPS) is 21.5. The average molecular weight is 438 g/mol. The lowest BCUT2D eigenvalue weighted by Crippen LogP contribution is -2.52. The van der Waals surface area contributed by atoms with Crippen molar-refractivity contribution >= 4 is 23.3 Å². The highest BCUT2D eigenvalue weighted by Gasteiger charge is 2.35. The first kappa shape index (κ1) is 20.8. The topological polar surface area (TPSA) is 79.7 Å². The summed E-state index contributed by atoms with van der Waals surface area (Å²) < 4.78 is 7.98. The summed E-state index contributed by atoms with van der Waals surface area (Å²) in [5.41, 5.74) is 0.838. The SMILES string of the molecule is CC(C1CC1)n1nccc1NC(=O)CN1CC(C(=O)N2CCCCC2)Oc2ccccc21. The third-order valence-electron chi connectivity index (χ3n) is 6.77. The first-order valence-electron chi connectivity index (χ1n) is 11.7. The molecule has 2 atom stereocenters. The molecular weight excluding hydrogens is 406 g/mol. The zero-order chi connectivity index (χ0) is 22.1. The molecule has 1 saturated carbocycles. The number of amides is 2. The Morgan fingerprint density at radius 3 is 2.72 bits per heavy atom. The van der Waals surface area contributed by atoms with Crippen molar-refractivity contribution in [1.82, 2.24) is 14.7 Å². The van der Waals surface area contributed by atoms with Gasteiger partial charge in [0.1, 0.15) is 11.6 Å². The maximum absolute atomic E-state index is 13.1. The summed E-state index contributed by atoms with van der Waals surface area (Å²) in [7, 11) is 0. The van der Waals surface area contributed by atoms with Gasteiger partial charge in [0, 0.05) is 19.2 Å². The van der Waals surface area contributed by atoms with E-state index in [9.17, 15) is 9.59 Å². The number of piperidine rings is 1. The van der Waals surface area contributed by atoms with Crippen molar-refractivity contribution in [2.45, 2.75) is 51.2 Å². The Hall–Kier alpha value is -3.03. The highest BCUT2D eigenvalue weighted by Crippen LogP contribution is 2.40. The van der Waals surface area contributed by atoms with Gasteiger partial charge in [-0.25, -0.2) is 4.68 Å². The van der Waals surface area contributed by atoms with Crippen molar-refractivity contribution in [2.75, 3.05) is 36.4 Å². The first-order valence-corrected chi connectivity index (χ1v) is 11.7. The molecule has 2 unspecified atom stereocenters. The molecule has 1 aliphatic carbocycles. The van der Waals surface area contributed by atoms with Gasteiger partial charge < -0.3 is 19.9 Å². The van der Waals surface area contributed by atoms with Crippen molar-refractivity contribution in [2.24, 2.45) is 5.92 Å². The van der Waals surface area contributed by atoms with Gasteiger partial charge in [-0.1, -0.05) is 12.1 Å². The van der Waals surface area contributed by atoms with E-state index in [0.717, 1.165) is 37.4 Å². The number of benzene rings is 1. The number of carbonyl (C=O) groups excluding carboxylic acids is 2. The smallest absolute Gasteiger partial charge is 0.265 e. The summed E-state index contributed by atoms with van der Waals surface area (Å²) in [5, 5.41) is 7.44. The first-order chi connectivity index (χ1) is 15.6. The van der Waals surface area contributed by atoms with Gasteiger partial charge in [-0.3, -0.25) is 9.59 Å². The van der Waals surface area contributed by atoms with E-state index in [4.69, 9.17) is 4.74 Å². The molecule has 2 aliphatic heterocycles. The Labute approximate surface area is 188 Å². The Kier molecular flexibility index (Phi) is 5.76. The largest absolute Gasteiger partial charge is 0.477 e. The lowest BCUT2D eigenvalue weighted by atomic mass is 10.1. The van der Waals surface area contributed by atoms with Crippen LogP contribution in [-0.4, -0.2) is 58.8 Å². The molecule has 8 heteroatoms. The molecule has 0 bridgehead atoms. The van der Waals surface area contributed by atoms with Crippen LogP contribution in [0.5, 0.6) is 5.75 Å². The number of likely N-dealkylation sites (tertiary alicyclic amines) is 1. The van der Waals surface area contributed by atoms with Crippen LogP contribution < -0.4 is 15.0 Å². The summed E-state index contributed by atoms with van der Waals surface area (Å²) in [6.07, 6.45) is 6.79. The summed E-state index contributed by atoms with van der Waals surface area (Å²) in [6, 6.07) is 9.73. The highest BCUT2D eigenvalue weighted by molar-refractivity contribution is 5.94. The zero-order valence-electron chi connectivity index (χ0n) is 18.6. The van der Waals surface area contributed by atoms with Crippen LogP contribution in [-0.2, 0) is 9.59 Å². The second kappa shape index (κ2) is 8.84. The number of hydrogen-bond acceptors (Lipinski definition) is 5. The molecule has 0 radical (unpaired) electrons. The maximum Gasteiger partial charge on any atom is 0.265 e. The number of anilines is 2. The lowest BCUT2D eigenvalue weighted by molar-refractivity contribution is -0.139. The van der Waals surface area contributed by atoms with Crippen molar-refractivity contribution in [3.05, 3.63) is 36.5 Å². The van der Waals surface area contributed by atoms with Crippen LogP contribution in [0.15, 0.2) is 36.5 Å². The van der Waals surface area contributed by atoms with Crippen LogP contribution in [0.25, 0.3) is 0 Å². The monoisotopic (exact) mass is 437 g/mol. The quantitative estimate of drug-likeness (QED) is 0.751. The van der Waals surface area contributed by atoms with Gasteiger partial charge in [0.25, 0.3) is 5.91 Å². The molecule has 2 fully saturated rings. The van der Waals surface area contributed by atoms with Crippen molar-refractivity contribution in [1.29, 1.82) is 0 Å². The van der Waals surface area contributed by atoms with Crippen LogP contribution in [0.2, 0.25) is 0 Å². The van der Waals surface area contributed by atoms with E-state index in [2.05, 4.69) is 17.3 Å². The fourth-order valence-corrected chi connectivity index (χ4v) is 4.78. The number of ether oxygens (including phenoxy) is 1. The van der Waals surface area contributed by atoms with Crippen LogP contribution in [0.1, 0.15) is 45.1 Å². The van der Waals surface area contributed by atoms with E-state index in [1.54, 1.807) is 6.20 Å². The number of nitrogens with zero attached hydrogens (tertiary/aromatic N) is 4. The molecule has 1 saturated heterocycles. The Bertz CT molecular complexity index is 980. The third-order valence-corrected chi connectivity index (χ3v) is 6.77. The minimum Gasteiger partial charge on any atom is -0.477 e. The second-order valence-corrected chi connectivity index (χ2v) is 9.13. The minimum absolute atomic E-state index is 0.0148. The fourth-order valence-electron chi connectivity index (χ4n) is 4.78. The number of aromatic nitrogens is 2. The van der Waals surface area contributed by atoms with Gasteiger partial charge in [-0.2, -0.15) is 5.10 Å². The molecule has 2 amide bonds. The number of fused-ring (bicyclic) bond motifs is 1. The Morgan fingerprint density at radius 1 is 1.16 bits per heavy atom. The van der Waals surface area contributed by atoms with Crippen molar-refractivity contribution in [3.8, 4) is 5.75 Å². The summed E-state index contributed by atoms with van der Waals surface area (Å²) in [5.74, 6) is 1.89. The fraction of sp³-hybridized carbons (Fsp3) is 0.542. The molecule has 2 aromatic rings. The van der Waals surface area contributed by atoms with Crippen LogP contribution >= 0.6 is 0 Å². The van der Waals surface area contributed by atoms with Crippen LogP contribution in [0.4, 0.5) is 11.5 Å². The van der Waals surface area contributed by atoms with Crippen molar-refractivity contribution in [3.63, 3.8) is 0 Å². The summed E-state index contributed by atoms with van der Waals surface area (Å²) >= 11 is 0. The molecule has 1 N–H and O–H groups in total. The van der Waals surface area contributed by atoms with Gasteiger partial charge >= 0.3 is 0 Å². The molecule has 5 rings (SSSR count). The predicted octanol–water partition coefficient (Wildman–Crippen LogP) is 3.07. The molecule has 8 nitrogen and oxygen atoms in total. The van der Waals surface area contributed by atoms with E-state index >= 15 is 0 Å². The Morgan fingerprint density at radius 2 is 1.94 bits per heavy atom. The molecule has 32 heavy (non-hydrogen) atoms. The van der Waals surface area contributed by atoms with E-state index in [-0.39, 0.29) is 24.4 Å². The molecular formula is C24H31N5O3. The second-order valence-electron chi connectivity index (χ2n) is 9.13. The highest BCUT2D eigenvalue weighted by atomic mass is 16.5. The number of rotatable bonds is 6. The van der Waals surface area contributed by atoms with Gasteiger partial charge in [0.05, 0.1) is 31.0 Å². The molecule has 1 aromatic heterocycles. The minimum atomic E-state index is -0.601. The van der Waals surface area contributed by atoms with Crippen molar-refractivity contribution < 1.29 is 14.3 Å². The predicted molar refractivity (Wildman–Crippen MR) is 122 cm³/mol. The van der Waals surface area contributed by atoms with E-state index in [1.165, 1.54) is 19.3 Å². The Balaban J connectivity index is 1.29. The average Bonchev–Trinajstić information content (AvgIpc) is 3.57. The number of carbonyl (C=O) groups is 2. The van der Waals surface area contributed by atoms with Gasteiger partial charge in [-0.05, 0) is 57.1 Å². The summed E-state index contributed by atoms with van der Waals surface area (Å²) in [4.78, 5) is 29.9. The van der Waals surface area contributed by atoms with Crippen LogP contribution in [0, 0.1) is 5.92 Å². The molecule has 170 valence electrons.